The molecule has 4 heteroatoms. The Balaban J connectivity index is 2.44. The van der Waals surface area contributed by atoms with Crippen molar-refractivity contribution >= 4 is 16.8 Å². The summed E-state index contributed by atoms with van der Waals surface area (Å²) >= 11 is 0. The number of fused-ring (bicyclic) bond motifs is 1. The van der Waals surface area contributed by atoms with Gasteiger partial charge in [-0.25, -0.2) is 4.39 Å². The standard InChI is InChI=1S/C15H17FO3/c1-4-15(3,18-5-2)14(17)12-9-10-7-6-8-11(16)13(10)19-12/h6-9H,4-5H2,1-3H3. The lowest BCUT2D eigenvalue weighted by atomic mass is 9.95. The monoisotopic (exact) mass is 264 g/mol. The molecule has 0 radical (unpaired) electrons. The maximum Gasteiger partial charge on any atom is 0.229 e. The van der Waals surface area contributed by atoms with E-state index in [9.17, 15) is 9.18 Å². The van der Waals surface area contributed by atoms with Crippen LogP contribution in [-0.2, 0) is 4.74 Å². The molecule has 1 atom stereocenters. The molecule has 2 aromatic rings. The number of halogens is 1. The summed E-state index contributed by atoms with van der Waals surface area (Å²) in [5.74, 6) is -0.587. The molecule has 2 rings (SSSR count). The van der Waals surface area contributed by atoms with Crippen LogP contribution in [0.5, 0.6) is 0 Å². The fraction of sp³-hybridized carbons (Fsp3) is 0.400. The van der Waals surface area contributed by atoms with Crippen LogP contribution in [0, 0.1) is 5.82 Å². The third-order valence-corrected chi connectivity index (χ3v) is 3.34. The van der Waals surface area contributed by atoms with Crippen molar-refractivity contribution in [3.8, 4) is 0 Å². The van der Waals surface area contributed by atoms with E-state index in [1.807, 2.05) is 13.8 Å². The molecule has 1 unspecified atom stereocenters. The fourth-order valence-corrected chi connectivity index (χ4v) is 2.05. The molecule has 0 aliphatic carbocycles. The summed E-state index contributed by atoms with van der Waals surface area (Å²) in [7, 11) is 0. The normalized spacial score (nSPS) is 14.5. The Hall–Kier alpha value is -1.68. The fourth-order valence-electron chi connectivity index (χ4n) is 2.05. The van der Waals surface area contributed by atoms with Crippen molar-refractivity contribution < 1.29 is 18.3 Å². The Kier molecular flexibility index (Phi) is 3.71. The van der Waals surface area contributed by atoms with Crippen LogP contribution in [0.3, 0.4) is 0 Å². The van der Waals surface area contributed by atoms with Gasteiger partial charge in [-0.3, -0.25) is 4.79 Å². The number of carbonyl (C=O) groups is 1. The van der Waals surface area contributed by atoms with Gasteiger partial charge in [0.1, 0.15) is 5.60 Å². The predicted octanol–water partition coefficient (Wildman–Crippen LogP) is 3.96. The highest BCUT2D eigenvalue weighted by Crippen LogP contribution is 2.27. The van der Waals surface area contributed by atoms with Gasteiger partial charge in [-0.1, -0.05) is 19.1 Å². The number of benzene rings is 1. The molecule has 3 nitrogen and oxygen atoms in total. The first-order valence-corrected chi connectivity index (χ1v) is 6.38. The molecule has 19 heavy (non-hydrogen) atoms. The molecule has 102 valence electrons. The summed E-state index contributed by atoms with van der Waals surface area (Å²) in [6.07, 6.45) is 0.527. The van der Waals surface area contributed by atoms with Crippen molar-refractivity contribution in [3.63, 3.8) is 0 Å². The van der Waals surface area contributed by atoms with Gasteiger partial charge in [-0.2, -0.15) is 0 Å². The SMILES string of the molecule is CCOC(C)(CC)C(=O)c1cc2cccc(F)c2o1. The molecule has 1 heterocycles. The van der Waals surface area contributed by atoms with Gasteiger partial charge in [0.25, 0.3) is 0 Å². The van der Waals surface area contributed by atoms with Crippen LogP contribution >= 0.6 is 0 Å². The number of hydrogen-bond acceptors (Lipinski definition) is 3. The molecule has 1 aromatic carbocycles. The summed E-state index contributed by atoms with van der Waals surface area (Å²) in [5.41, 5.74) is -0.820. The van der Waals surface area contributed by atoms with E-state index in [4.69, 9.17) is 9.15 Å². The number of ether oxygens (including phenoxy) is 1. The van der Waals surface area contributed by atoms with Gasteiger partial charge in [0.15, 0.2) is 17.2 Å². The minimum absolute atomic E-state index is 0.112. The van der Waals surface area contributed by atoms with Crippen molar-refractivity contribution in [1.82, 2.24) is 0 Å². The van der Waals surface area contributed by atoms with Crippen LogP contribution in [0.15, 0.2) is 28.7 Å². The van der Waals surface area contributed by atoms with Gasteiger partial charge in [-0.05, 0) is 32.4 Å². The summed E-state index contributed by atoms with van der Waals surface area (Å²) in [4.78, 5) is 12.4. The molecule has 0 N–H and O–H groups in total. The van der Waals surface area contributed by atoms with Crippen molar-refractivity contribution in [2.45, 2.75) is 32.8 Å². The van der Waals surface area contributed by atoms with Crippen LogP contribution in [0.4, 0.5) is 4.39 Å². The van der Waals surface area contributed by atoms with Crippen LogP contribution < -0.4 is 0 Å². The summed E-state index contributed by atoms with van der Waals surface area (Å²) < 4.78 is 24.4. The third-order valence-electron chi connectivity index (χ3n) is 3.34. The Morgan fingerprint density at radius 3 is 2.74 bits per heavy atom. The van der Waals surface area contributed by atoms with Crippen LogP contribution in [-0.4, -0.2) is 18.0 Å². The van der Waals surface area contributed by atoms with E-state index >= 15 is 0 Å². The molecule has 0 aliphatic rings. The zero-order valence-corrected chi connectivity index (χ0v) is 11.3. The van der Waals surface area contributed by atoms with Gasteiger partial charge in [-0.15, -0.1) is 0 Å². The molecule has 0 aliphatic heterocycles. The second kappa shape index (κ2) is 5.13. The minimum Gasteiger partial charge on any atom is -0.450 e. The van der Waals surface area contributed by atoms with Crippen molar-refractivity contribution in [3.05, 3.63) is 35.8 Å². The smallest absolute Gasteiger partial charge is 0.229 e. The Bertz CT molecular complexity index is 602. The first-order chi connectivity index (χ1) is 9.01. The van der Waals surface area contributed by atoms with Gasteiger partial charge < -0.3 is 9.15 Å². The zero-order chi connectivity index (χ0) is 14.0. The number of ketones is 1. The van der Waals surface area contributed by atoms with E-state index < -0.39 is 11.4 Å². The van der Waals surface area contributed by atoms with Crippen molar-refractivity contribution in [2.24, 2.45) is 0 Å². The van der Waals surface area contributed by atoms with E-state index in [0.717, 1.165) is 0 Å². The zero-order valence-electron chi connectivity index (χ0n) is 11.3. The highest BCUT2D eigenvalue weighted by atomic mass is 19.1. The van der Waals surface area contributed by atoms with E-state index in [1.165, 1.54) is 6.07 Å². The lowest BCUT2D eigenvalue weighted by Gasteiger charge is -2.25. The van der Waals surface area contributed by atoms with Gasteiger partial charge in [0, 0.05) is 12.0 Å². The van der Waals surface area contributed by atoms with Crippen molar-refractivity contribution in [2.75, 3.05) is 6.61 Å². The number of carbonyl (C=O) groups excluding carboxylic acids is 1. The van der Waals surface area contributed by atoms with E-state index in [0.29, 0.717) is 18.4 Å². The lowest BCUT2D eigenvalue weighted by Crippen LogP contribution is -2.37. The highest BCUT2D eigenvalue weighted by Gasteiger charge is 2.35. The average Bonchev–Trinajstić information content (AvgIpc) is 2.83. The second-order valence-electron chi connectivity index (χ2n) is 4.62. The Morgan fingerprint density at radius 1 is 1.42 bits per heavy atom. The minimum atomic E-state index is -0.931. The van der Waals surface area contributed by atoms with E-state index in [2.05, 4.69) is 0 Å². The quantitative estimate of drug-likeness (QED) is 0.767. The third kappa shape index (κ3) is 2.40. The van der Waals surface area contributed by atoms with Crippen molar-refractivity contribution in [1.29, 1.82) is 0 Å². The Morgan fingerprint density at radius 2 is 2.16 bits per heavy atom. The average molecular weight is 264 g/mol. The maximum atomic E-state index is 13.6. The van der Waals surface area contributed by atoms with Crippen LogP contribution in [0.25, 0.3) is 11.0 Å². The highest BCUT2D eigenvalue weighted by molar-refractivity contribution is 6.02. The molecule has 0 spiro atoms. The topological polar surface area (TPSA) is 39.4 Å². The number of furan rings is 1. The van der Waals surface area contributed by atoms with Gasteiger partial charge >= 0.3 is 0 Å². The maximum absolute atomic E-state index is 13.6. The van der Waals surface area contributed by atoms with Gasteiger partial charge in [0.2, 0.25) is 5.78 Å². The summed E-state index contributed by atoms with van der Waals surface area (Å²) in [5, 5.41) is 0.582. The summed E-state index contributed by atoms with van der Waals surface area (Å²) in [6, 6.07) is 6.17. The molecule has 0 bridgehead atoms. The molecular formula is C15H17FO3. The Labute approximate surface area is 111 Å². The lowest BCUT2D eigenvalue weighted by molar-refractivity contribution is -0.0132. The summed E-state index contributed by atoms with van der Waals surface area (Å²) in [6.45, 7) is 5.86. The number of para-hydroxylation sites is 1. The largest absolute Gasteiger partial charge is 0.450 e. The number of hydrogen-bond donors (Lipinski definition) is 0. The van der Waals surface area contributed by atoms with E-state index in [-0.39, 0.29) is 17.1 Å². The van der Waals surface area contributed by atoms with E-state index in [1.54, 1.807) is 25.1 Å². The molecule has 0 fully saturated rings. The molecule has 0 saturated heterocycles. The van der Waals surface area contributed by atoms with Gasteiger partial charge in [0.05, 0.1) is 0 Å². The van der Waals surface area contributed by atoms with Crippen LogP contribution in [0.2, 0.25) is 0 Å². The molecule has 0 saturated carbocycles. The van der Waals surface area contributed by atoms with Crippen LogP contribution in [0.1, 0.15) is 37.7 Å². The predicted molar refractivity (Wildman–Crippen MR) is 70.8 cm³/mol. The second-order valence-corrected chi connectivity index (χ2v) is 4.62. The first-order valence-electron chi connectivity index (χ1n) is 6.38. The number of Topliss-reactive ketones (excluding diaryl/α,β-unsaturated/α-hetero) is 1. The molecule has 0 amide bonds. The molecular weight excluding hydrogens is 247 g/mol. The first kappa shape index (κ1) is 13.7. The number of rotatable bonds is 5. The molecule has 1 aromatic heterocycles.